The third kappa shape index (κ3) is 2.80. The molecule has 0 aliphatic heterocycles. The minimum Gasteiger partial charge on any atom is -0.211 e. The molecule has 4 nitrogen and oxygen atoms in total. The maximum Gasteiger partial charge on any atom is 0.240 e. The highest BCUT2D eigenvalue weighted by Crippen LogP contribution is 2.38. The van der Waals surface area contributed by atoms with E-state index in [0.717, 1.165) is 11.1 Å². The van der Waals surface area contributed by atoms with Crippen LogP contribution < -0.4 is 0 Å². The minimum absolute atomic E-state index is 0.239. The van der Waals surface area contributed by atoms with Gasteiger partial charge in [0.1, 0.15) is 0 Å². The molecule has 0 aliphatic rings. The van der Waals surface area contributed by atoms with Crippen LogP contribution in [-0.4, -0.2) is 12.2 Å². The highest BCUT2D eigenvalue weighted by molar-refractivity contribution is 5.60. The van der Waals surface area contributed by atoms with Crippen LogP contribution in [0.4, 0.5) is 5.69 Å². The van der Waals surface area contributed by atoms with Crippen LogP contribution in [0.25, 0.3) is 0 Å². The summed E-state index contributed by atoms with van der Waals surface area (Å²) < 4.78 is 0. The first-order valence-corrected chi connectivity index (χ1v) is 5.74. The Hall–Kier alpha value is -2.02. The van der Waals surface area contributed by atoms with Crippen molar-refractivity contribution >= 4 is 17.8 Å². The van der Waals surface area contributed by atoms with E-state index in [2.05, 4.69) is 9.98 Å². The molecule has 0 amide bonds. The van der Waals surface area contributed by atoms with E-state index in [9.17, 15) is 9.59 Å². The van der Waals surface area contributed by atoms with E-state index in [1.165, 1.54) is 6.08 Å². The Kier molecular flexibility index (Phi) is 4.33. The van der Waals surface area contributed by atoms with Crippen LogP contribution in [0.1, 0.15) is 44.7 Å². The second-order valence-electron chi connectivity index (χ2n) is 4.86. The van der Waals surface area contributed by atoms with Crippen LogP contribution in [0.3, 0.4) is 0 Å². The lowest BCUT2D eigenvalue weighted by atomic mass is 9.84. The van der Waals surface area contributed by atoms with Crippen LogP contribution in [0.15, 0.2) is 28.2 Å². The SMILES string of the molecule is CC(C)c1cccc(N=C=O)c1C(C)(C)N=C=O. The standard InChI is InChI=1S/C14H16N2O2/c1-10(2)11-6-5-7-12(15-8-17)13(11)14(3,4)16-9-18/h5-7,10H,1-4H3. The van der Waals surface area contributed by atoms with Gasteiger partial charge in [0.2, 0.25) is 12.2 Å². The van der Waals surface area contributed by atoms with Gasteiger partial charge in [-0.05, 0) is 31.4 Å². The normalized spacial score (nSPS) is 10.7. The number of hydrogen-bond donors (Lipinski definition) is 0. The van der Waals surface area contributed by atoms with Crippen molar-refractivity contribution in [3.8, 4) is 0 Å². The van der Waals surface area contributed by atoms with Gasteiger partial charge in [-0.15, -0.1) is 0 Å². The average molecular weight is 244 g/mol. The van der Waals surface area contributed by atoms with Crippen molar-refractivity contribution in [3.63, 3.8) is 0 Å². The molecule has 1 rings (SSSR count). The van der Waals surface area contributed by atoms with Gasteiger partial charge in [-0.3, -0.25) is 0 Å². The van der Waals surface area contributed by atoms with Crippen molar-refractivity contribution in [2.24, 2.45) is 9.98 Å². The number of nitrogens with zero attached hydrogens (tertiary/aromatic N) is 2. The summed E-state index contributed by atoms with van der Waals surface area (Å²) in [5.41, 5.74) is 1.51. The van der Waals surface area contributed by atoms with Crippen molar-refractivity contribution in [1.82, 2.24) is 0 Å². The summed E-state index contributed by atoms with van der Waals surface area (Å²) >= 11 is 0. The Bertz CT molecular complexity index is 535. The Morgan fingerprint density at radius 3 is 2.33 bits per heavy atom. The summed E-state index contributed by atoms with van der Waals surface area (Å²) in [6.45, 7) is 7.66. The van der Waals surface area contributed by atoms with Crippen molar-refractivity contribution in [3.05, 3.63) is 29.3 Å². The first-order chi connectivity index (χ1) is 8.44. The molecule has 0 fully saturated rings. The van der Waals surface area contributed by atoms with Gasteiger partial charge in [0, 0.05) is 5.56 Å². The molecule has 18 heavy (non-hydrogen) atoms. The lowest BCUT2D eigenvalue weighted by molar-refractivity contribution is 0.518. The van der Waals surface area contributed by atoms with E-state index in [0.29, 0.717) is 5.69 Å². The molecule has 0 unspecified atom stereocenters. The van der Waals surface area contributed by atoms with E-state index in [4.69, 9.17) is 0 Å². The predicted octanol–water partition coefficient (Wildman–Crippen LogP) is 3.35. The fraction of sp³-hybridized carbons (Fsp3) is 0.429. The molecular weight excluding hydrogens is 228 g/mol. The molecular formula is C14H16N2O2. The van der Waals surface area contributed by atoms with Crippen molar-refractivity contribution < 1.29 is 9.59 Å². The summed E-state index contributed by atoms with van der Waals surface area (Å²) in [5.74, 6) is 0.239. The largest absolute Gasteiger partial charge is 0.240 e. The smallest absolute Gasteiger partial charge is 0.211 e. The predicted molar refractivity (Wildman–Crippen MR) is 69.5 cm³/mol. The van der Waals surface area contributed by atoms with E-state index in [1.807, 2.05) is 26.0 Å². The third-order valence-corrected chi connectivity index (χ3v) is 2.80. The fourth-order valence-corrected chi connectivity index (χ4v) is 2.02. The monoisotopic (exact) mass is 244 g/mol. The highest BCUT2D eigenvalue weighted by Gasteiger charge is 2.27. The van der Waals surface area contributed by atoms with Gasteiger partial charge < -0.3 is 0 Å². The van der Waals surface area contributed by atoms with Crippen LogP contribution >= 0.6 is 0 Å². The molecule has 0 radical (unpaired) electrons. The van der Waals surface area contributed by atoms with Gasteiger partial charge in [0.05, 0.1) is 11.2 Å². The Morgan fingerprint density at radius 2 is 1.83 bits per heavy atom. The van der Waals surface area contributed by atoms with Crippen LogP contribution in [-0.2, 0) is 15.1 Å². The molecule has 94 valence electrons. The van der Waals surface area contributed by atoms with E-state index < -0.39 is 5.54 Å². The summed E-state index contributed by atoms with van der Waals surface area (Å²) in [6.07, 6.45) is 3.12. The van der Waals surface area contributed by atoms with Gasteiger partial charge in [-0.25, -0.2) is 9.59 Å². The van der Waals surface area contributed by atoms with Crippen molar-refractivity contribution in [2.45, 2.75) is 39.2 Å². The van der Waals surface area contributed by atoms with Gasteiger partial charge in [-0.1, -0.05) is 26.0 Å². The number of rotatable bonds is 4. The zero-order valence-electron chi connectivity index (χ0n) is 11.0. The average Bonchev–Trinajstić information content (AvgIpc) is 2.28. The molecule has 0 saturated heterocycles. The number of benzene rings is 1. The molecule has 1 aromatic rings. The van der Waals surface area contributed by atoms with E-state index in [-0.39, 0.29) is 5.92 Å². The summed E-state index contributed by atoms with van der Waals surface area (Å²) in [6, 6.07) is 5.50. The Morgan fingerprint density at radius 1 is 1.17 bits per heavy atom. The molecule has 0 heterocycles. The number of hydrogen-bond acceptors (Lipinski definition) is 4. The maximum absolute atomic E-state index is 10.5. The lowest BCUT2D eigenvalue weighted by Crippen LogP contribution is -2.17. The quantitative estimate of drug-likeness (QED) is 0.602. The molecule has 0 spiro atoms. The van der Waals surface area contributed by atoms with Gasteiger partial charge in [-0.2, -0.15) is 9.98 Å². The molecule has 0 saturated carbocycles. The molecule has 0 bridgehead atoms. The highest BCUT2D eigenvalue weighted by atomic mass is 16.1. The van der Waals surface area contributed by atoms with Gasteiger partial charge in [0.15, 0.2) is 0 Å². The Labute approximate surface area is 106 Å². The number of isocyanates is 2. The summed E-state index contributed by atoms with van der Waals surface area (Å²) in [5, 5.41) is 0. The van der Waals surface area contributed by atoms with Crippen LogP contribution in [0.2, 0.25) is 0 Å². The van der Waals surface area contributed by atoms with Gasteiger partial charge in [0.25, 0.3) is 0 Å². The molecule has 0 N–H and O–H groups in total. The second kappa shape index (κ2) is 5.54. The molecule has 4 heteroatoms. The van der Waals surface area contributed by atoms with Crippen LogP contribution in [0, 0.1) is 0 Å². The van der Waals surface area contributed by atoms with Gasteiger partial charge >= 0.3 is 0 Å². The first-order valence-electron chi connectivity index (χ1n) is 5.74. The summed E-state index contributed by atoms with van der Waals surface area (Å²) in [4.78, 5) is 28.6. The van der Waals surface area contributed by atoms with Crippen LogP contribution in [0.5, 0.6) is 0 Å². The zero-order chi connectivity index (χ0) is 13.8. The molecule has 0 aliphatic carbocycles. The lowest BCUT2D eigenvalue weighted by Gasteiger charge is -2.25. The summed E-state index contributed by atoms with van der Waals surface area (Å²) in [7, 11) is 0. The third-order valence-electron chi connectivity index (χ3n) is 2.80. The number of aliphatic imine (C=N–C) groups is 2. The second-order valence-corrected chi connectivity index (χ2v) is 4.86. The topological polar surface area (TPSA) is 58.9 Å². The Balaban J connectivity index is 3.64. The maximum atomic E-state index is 10.5. The molecule has 0 aromatic heterocycles. The first kappa shape index (κ1) is 14.0. The van der Waals surface area contributed by atoms with Crippen molar-refractivity contribution in [2.75, 3.05) is 0 Å². The minimum atomic E-state index is -0.766. The van der Waals surface area contributed by atoms with E-state index >= 15 is 0 Å². The molecule has 1 aromatic carbocycles. The number of carbonyl (C=O) groups excluding carboxylic acids is 2. The van der Waals surface area contributed by atoms with Crippen molar-refractivity contribution in [1.29, 1.82) is 0 Å². The fourth-order valence-electron chi connectivity index (χ4n) is 2.02. The van der Waals surface area contributed by atoms with E-state index in [1.54, 1.807) is 26.0 Å². The zero-order valence-corrected chi connectivity index (χ0v) is 11.0. The molecule has 0 atom stereocenters.